The highest BCUT2D eigenvalue weighted by Gasteiger charge is 2.28. The maximum Gasteiger partial charge on any atom is 0.0497 e. The molecule has 0 aliphatic carbocycles. The Labute approximate surface area is 151 Å². The predicted octanol–water partition coefficient (Wildman–Crippen LogP) is 6.11. The monoisotopic (exact) mass is 344 g/mol. The molecule has 1 aromatic heterocycles. The van der Waals surface area contributed by atoms with Crippen molar-refractivity contribution in [2.45, 2.75) is 58.9 Å². The van der Waals surface area contributed by atoms with Crippen LogP contribution in [0.2, 0.25) is 0 Å². The first-order valence-corrected chi connectivity index (χ1v) is 8.81. The number of rotatable bonds is 5. The number of aryl methyl sites for hydroxylation is 2. The molecule has 0 spiro atoms. The van der Waals surface area contributed by atoms with Crippen molar-refractivity contribution in [2.75, 3.05) is 0 Å². The Morgan fingerprint density at radius 2 is 1.54 bits per heavy atom. The van der Waals surface area contributed by atoms with Crippen LogP contribution in [0.25, 0.3) is 21.8 Å². The standard InChI is InChI=1S/C21H28N2.ClH/c1-5-12-21(22,13-6-2)16-8-7-9-17-19(16)18-14(3)10-11-15(4)20(18)23-17;/h7-11,23H,5-6,12-13,22H2,1-4H3;1H. The van der Waals surface area contributed by atoms with Crippen molar-refractivity contribution in [3.8, 4) is 0 Å². The molecule has 130 valence electrons. The molecular formula is C21H29ClN2. The third-order valence-electron chi connectivity index (χ3n) is 5.12. The van der Waals surface area contributed by atoms with Crippen molar-refractivity contribution in [3.05, 3.63) is 47.0 Å². The summed E-state index contributed by atoms with van der Waals surface area (Å²) in [4.78, 5) is 3.63. The Morgan fingerprint density at radius 3 is 2.17 bits per heavy atom. The highest BCUT2D eigenvalue weighted by Crippen LogP contribution is 2.39. The summed E-state index contributed by atoms with van der Waals surface area (Å²) in [5.74, 6) is 0. The van der Waals surface area contributed by atoms with Gasteiger partial charge in [0.25, 0.3) is 0 Å². The summed E-state index contributed by atoms with van der Waals surface area (Å²) >= 11 is 0. The Kier molecular flexibility index (Phi) is 5.62. The fourth-order valence-electron chi connectivity index (χ4n) is 4.06. The van der Waals surface area contributed by atoms with E-state index in [0.29, 0.717) is 0 Å². The lowest BCUT2D eigenvalue weighted by Crippen LogP contribution is -2.36. The molecule has 0 amide bonds. The molecule has 0 aliphatic heterocycles. The Hall–Kier alpha value is -1.51. The second-order valence-corrected chi connectivity index (χ2v) is 6.96. The zero-order valence-corrected chi connectivity index (χ0v) is 16.0. The van der Waals surface area contributed by atoms with Crippen LogP contribution in [0.1, 0.15) is 56.2 Å². The molecule has 1 heterocycles. The van der Waals surface area contributed by atoms with E-state index in [1.807, 2.05) is 0 Å². The Balaban J connectivity index is 0.00000208. The molecule has 0 saturated heterocycles. The summed E-state index contributed by atoms with van der Waals surface area (Å²) in [5.41, 5.74) is 13.1. The number of aromatic nitrogens is 1. The molecule has 0 aliphatic rings. The van der Waals surface area contributed by atoms with Crippen LogP contribution >= 0.6 is 12.4 Å². The summed E-state index contributed by atoms with van der Waals surface area (Å²) < 4.78 is 0. The van der Waals surface area contributed by atoms with Gasteiger partial charge < -0.3 is 10.7 Å². The van der Waals surface area contributed by atoms with Gasteiger partial charge in [0, 0.05) is 27.3 Å². The second-order valence-electron chi connectivity index (χ2n) is 6.96. The van der Waals surface area contributed by atoms with Crippen molar-refractivity contribution >= 4 is 34.2 Å². The average molecular weight is 345 g/mol. The zero-order chi connectivity index (χ0) is 16.6. The van der Waals surface area contributed by atoms with E-state index in [1.54, 1.807) is 0 Å². The predicted molar refractivity (Wildman–Crippen MR) is 108 cm³/mol. The number of halogens is 1. The van der Waals surface area contributed by atoms with Crippen molar-refractivity contribution in [3.63, 3.8) is 0 Å². The van der Waals surface area contributed by atoms with Crippen LogP contribution in [0, 0.1) is 13.8 Å². The van der Waals surface area contributed by atoms with E-state index in [-0.39, 0.29) is 17.9 Å². The van der Waals surface area contributed by atoms with Gasteiger partial charge in [0.15, 0.2) is 0 Å². The van der Waals surface area contributed by atoms with Crippen LogP contribution < -0.4 is 5.73 Å². The SMILES string of the molecule is CCCC(N)(CCC)c1cccc2[nH]c3c(C)ccc(C)c3c12.Cl. The van der Waals surface area contributed by atoms with Crippen molar-refractivity contribution in [1.29, 1.82) is 0 Å². The minimum absolute atomic E-state index is 0. The average Bonchev–Trinajstić information content (AvgIpc) is 2.92. The van der Waals surface area contributed by atoms with E-state index in [2.05, 4.69) is 63.0 Å². The van der Waals surface area contributed by atoms with Gasteiger partial charge in [-0.2, -0.15) is 0 Å². The molecule has 3 rings (SSSR count). The first-order valence-electron chi connectivity index (χ1n) is 8.81. The normalized spacial score (nSPS) is 11.9. The molecule has 0 atom stereocenters. The van der Waals surface area contributed by atoms with Crippen LogP contribution in [0.5, 0.6) is 0 Å². The van der Waals surface area contributed by atoms with Crippen molar-refractivity contribution < 1.29 is 0 Å². The van der Waals surface area contributed by atoms with Gasteiger partial charge in [-0.3, -0.25) is 0 Å². The molecule has 0 saturated carbocycles. The van der Waals surface area contributed by atoms with Gasteiger partial charge in [0.1, 0.15) is 0 Å². The number of nitrogens with one attached hydrogen (secondary N) is 1. The first kappa shape index (κ1) is 18.8. The highest BCUT2D eigenvalue weighted by molar-refractivity contribution is 6.11. The lowest BCUT2D eigenvalue weighted by Gasteiger charge is -2.30. The summed E-state index contributed by atoms with van der Waals surface area (Å²) in [5, 5.41) is 2.67. The largest absolute Gasteiger partial charge is 0.354 e. The maximum atomic E-state index is 6.93. The maximum absolute atomic E-state index is 6.93. The topological polar surface area (TPSA) is 41.8 Å². The number of hydrogen-bond donors (Lipinski definition) is 2. The van der Waals surface area contributed by atoms with E-state index in [1.165, 1.54) is 38.5 Å². The number of fused-ring (bicyclic) bond motifs is 3. The fraction of sp³-hybridized carbons (Fsp3) is 0.429. The van der Waals surface area contributed by atoms with E-state index < -0.39 is 0 Å². The molecule has 3 heteroatoms. The summed E-state index contributed by atoms with van der Waals surface area (Å²) in [7, 11) is 0. The Morgan fingerprint density at radius 1 is 0.917 bits per heavy atom. The smallest absolute Gasteiger partial charge is 0.0497 e. The quantitative estimate of drug-likeness (QED) is 0.575. The van der Waals surface area contributed by atoms with Gasteiger partial charge >= 0.3 is 0 Å². The summed E-state index contributed by atoms with van der Waals surface area (Å²) in [6.45, 7) is 8.82. The molecular weight excluding hydrogens is 316 g/mol. The van der Waals surface area contributed by atoms with Gasteiger partial charge in [-0.1, -0.05) is 51.0 Å². The molecule has 2 nitrogen and oxygen atoms in total. The van der Waals surface area contributed by atoms with Crippen LogP contribution in [0.4, 0.5) is 0 Å². The molecule has 0 radical (unpaired) electrons. The van der Waals surface area contributed by atoms with Gasteiger partial charge in [-0.25, -0.2) is 0 Å². The highest BCUT2D eigenvalue weighted by atomic mass is 35.5. The van der Waals surface area contributed by atoms with Crippen molar-refractivity contribution in [2.24, 2.45) is 5.73 Å². The van der Waals surface area contributed by atoms with Crippen LogP contribution in [0.3, 0.4) is 0 Å². The second kappa shape index (κ2) is 7.16. The van der Waals surface area contributed by atoms with Gasteiger partial charge in [-0.15, -0.1) is 12.4 Å². The molecule has 24 heavy (non-hydrogen) atoms. The number of hydrogen-bond acceptors (Lipinski definition) is 1. The van der Waals surface area contributed by atoms with Gasteiger partial charge in [0.2, 0.25) is 0 Å². The lowest BCUT2D eigenvalue weighted by molar-refractivity contribution is 0.372. The van der Waals surface area contributed by atoms with Crippen LogP contribution in [-0.2, 0) is 5.54 Å². The fourth-order valence-corrected chi connectivity index (χ4v) is 4.06. The van der Waals surface area contributed by atoms with Gasteiger partial charge in [0.05, 0.1) is 0 Å². The number of aromatic amines is 1. The van der Waals surface area contributed by atoms with Crippen molar-refractivity contribution in [1.82, 2.24) is 4.98 Å². The van der Waals surface area contributed by atoms with Crippen LogP contribution in [0.15, 0.2) is 30.3 Å². The molecule has 0 unspecified atom stereocenters. The summed E-state index contributed by atoms with van der Waals surface area (Å²) in [6, 6.07) is 11.0. The number of benzene rings is 2. The third kappa shape index (κ3) is 2.94. The summed E-state index contributed by atoms with van der Waals surface area (Å²) in [6.07, 6.45) is 4.26. The molecule has 2 aromatic carbocycles. The lowest BCUT2D eigenvalue weighted by atomic mass is 9.80. The van der Waals surface area contributed by atoms with Gasteiger partial charge in [-0.05, 0) is 49.4 Å². The zero-order valence-electron chi connectivity index (χ0n) is 15.2. The third-order valence-corrected chi connectivity index (χ3v) is 5.12. The van der Waals surface area contributed by atoms with Crippen LogP contribution in [-0.4, -0.2) is 4.98 Å². The molecule has 0 fully saturated rings. The van der Waals surface area contributed by atoms with E-state index in [0.717, 1.165) is 25.7 Å². The molecule has 3 N–H and O–H groups in total. The molecule has 0 bridgehead atoms. The molecule has 3 aromatic rings. The number of nitrogens with two attached hydrogens (primary N) is 1. The van der Waals surface area contributed by atoms with E-state index in [9.17, 15) is 0 Å². The van der Waals surface area contributed by atoms with E-state index >= 15 is 0 Å². The minimum Gasteiger partial charge on any atom is -0.354 e. The van der Waals surface area contributed by atoms with E-state index in [4.69, 9.17) is 5.73 Å². The number of H-pyrrole nitrogens is 1. The Bertz CT molecular complexity index is 842. The first-order chi connectivity index (χ1) is 11.0. The minimum atomic E-state index is -0.242.